The first-order valence-corrected chi connectivity index (χ1v) is 3.73. The van der Waals surface area contributed by atoms with Gasteiger partial charge in [0.05, 0.1) is 0 Å². The average Bonchev–Trinajstić information content (AvgIpc) is 2.15. The van der Waals surface area contributed by atoms with E-state index in [4.69, 9.17) is 0 Å². The molecule has 0 aliphatic heterocycles. The second-order valence-corrected chi connectivity index (χ2v) is 2.67. The molecule has 0 saturated carbocycles. The van der Waals surface area contributed by atoms with E-state index in [1.807, 2.05) is 0 Å². The van der Waals surface area contributed by atoms with E-state index in [-0.39, 0.29) is 0 Å². The van der Waals surface area contributed by atoms with Crippen LogP contribution in [-0.2, 0) is 11.7 Å². The Kier molecular flexibility index (Phi) is 2.90. The zero-order chi connectivity index (χ0) is 10.8. The molecule has 0 unspecified atom stereocenters. The molecule has 0 atom stereocenters. The lowest BCUT2D eigenvalue weighted by Crippen LogP contribution is -2.22. The molecule has 0 aliphatic rings. The Hall–Kier alpha value is -1.36. The lowest BCUT2D eigenvalue weighted by atomic mass is 10.1. The fourth-order valence-corrected chi connectivity index (χ4v) is 0.916. The summed E-state index contributed by atoms with van der Waals surface area (Å²) >= 11 is 0. The quantitative estimate of drug-likeness (QED) is 0.679. The molecule has 1 aromatic carbocycles. The summed E-state index contributed by atoms with van der Waals surface area (Å²) in [5, 5.41) is 10.3. The van der Waals surface area contributed by atoms with Gasteiger partial charge in [0.1, 0.15) is 6.61 Å². The van der Waals surface area contributed by atoms with Crippen molar-refractivity contribution < 1.29 is 23.1 Å². The number of hydrogen-bond donors (Lipinski definition) is 0. The summed E-state index contributed by atoms with van der Waals surface area (Å²) in [4.78, 5) is 10.7. The summed E-state index contributed by atoms with van der Waals surface area (Å²) < 4.78 is 35.7. The van der Waals surface area contributed by atoms with Crippen molar-refractivity contribution in [3.63, 3.8) is 0 Å². The maximum atomic E-state index is 11.9. The highest BCUT2D eigenvalue weighted by molar-refractivity contribution is 6.00. The predicted molar refractivity (Wildman–Crippen MR) is 41.2 cm³/mol. The zero-order valence-corrected chi connectivity index (χ0v) is 6.97. The number of halogens is 3. The smallest absolute Gasteiger partial charge is 0.284 e. The molecule has 0 bridgehead atoms. The molecule has 5 heteroatoms. The highest BCUT2D eigenvalue weighted by atomic mass is 19.4. The standard InChI is InChI=1S/C9H6F3O2/c10-9(11,12)8(14)7-3-1-6(5-13)2-4-7/h1-4H,5H2. The molecular formula is C9H6F3O2. The lowest BCUT2D eigenvalue weighted by Gasteiger charge is -2.04. The minimum Gasteiger partial charge on any atom is -0.284 e. The summed E-state index contributed by atoms with van der Waals surface area (Å²) in [6.45, 7) is -0.513. The first-order valence-electron chi connectivity index (χ1n) is 3.73. The van der Waals surface area contributed by atoms with Crippen molar-refractivity contribution >= 4 is 5.78 Å². The van der Waals surface area contributed by atoms with Crippen LogP contribution in [0.3, 0.4) is 0 Å². The van der Waals surface area contributed by atoms with Crippen molar-refractivity contribution in [2.75, 3.05) is 0 Å². The number of ketones is 1. The van der Waals surface area contributed by atoms with Crippen LogP contribution in [0.4, 0.5) is 13.2 Å². The van der Waals surface area contributed by atoms with E-state index < -0.39 is 24.1 Å². The van der Waals surface area contributed by atoms with E-state index in [0.717, 1.165) is 12.1 Å². The largest absolute Gasteiger partial charge is 0.454 e. The van der Waals surface area contributed by atoms with Crippen LogP contribution in [0.1, 0.15) is 15.9 Å². The normalized spacial score (nSPS) is 11.4. The fourth-order valence-electron chi connectivity index (χ4n) is 0.916. The highest BCUT2D eigenvalue weighted by Crippen LogP contribution is 2.21. The van der Waals surface area contributed by atoms with Gasteiger partial charge in [-0.05, 0) is 5.56 Å². The SMILES string of the molecule is [O]Cc1ccc(C(=O)C(F)(F)F)cc1. The van der Waals surface area contributed by atoms with Crippen molar-refractivity contribution in [2.24, 2.45) is 0 Å². The Bertz CT molecular complexity index is 327. The fraction of sp³-hybridized carbons (Fsp3) is 0.222. The number of alkyl halides is 3. The molecule has 0 heterocycles. The number of rotatable bonds is 2. The minimum absolute atomic E-state index is 0.351. The van der Waals surface area contributed by atoms with E-state index in [9.17, 15) is 23.1 Å². The number of hydrogen-bond acceptors (Lipinski definition) is 1. The molecule has 0 N–H and O–H groups in total. The molecule has 0 fully saturated rings. The van der Waals surface area contributed by atoms with Gasteiger partial charge in [-0.1, -0.05) is 24.3 Å². The Labute approximate surface area is 78.0 Å². The van der Waals surface area contributed by atoms with Crippen LogP contribution in [0.5, 0.6) is 0 Å². The summed E-state index contributed by atoms with van der Waals surface area (Å²) in [6.07, 6.45) is -4.86. The summed E-state index contributed by atoms with van der Waals surface area (Å²) in [5.74, 6) is -1.89. The van der Waals surface area contributed by atoms with Crippen molar-refractivity contribution in [3.8, 4) is 0 Å². The first-order chi connectivity index (χ1) is 6.45. The topological polar surface area (TPSA) is 37.0 Å². The van der Waals surface area contributed by atoms with Crippen LogP contribution in [0.2, 0.25) is 0 Å². The Morgan fingerprint density at radius 1 is 1.14 bits per heavy atom. The molecule has 0 amide bonds. The molecule has 1 aromatic rings. The van der Waals surface area contributed by atoms with Crippen LogP contribution < -0.4 is 0 Å². The van der Waals surface area contributed by atoms with Crippen LogP contribution in [0.15, 0.2) is 24.3 Å². The van der Waals surface area contributed by atoms with Gasteiger partial charge < -0.3 is 0 Å². The van der Waals surface area contributed by atoms with Crippen molar-refractivity contribution in [1.29, 1.82) is 0 Å². The van der Waals surface area contributed by atoms with Gasteiger partial charge in [-0.15, -0.1) is 0 Å². The Morgan fingerprint density at radius 2 is 1.64 bits per heavy atom. The maximum Gasteiger partial charge on any atom is 0.454 e. The number of Topliss-reactive ketones (excluding diaryl/α,β-unsaturated/α-hetero) is 1. The average molecular weight is 203 g/mol. The molecular weight excluding hydrogens is 197 g/mol. The molecule has 14 heavy (non-hydrogen) atoms. The third kappa shape index (κ3) is 2.32. The van der Waals surface area contributed by atoms with Crippen molar-refractivity contribution in [1.82, 2.24) is 0 Å². The van der Waals surface area contributed by atoms with Gasteiger partial charge >= 0.3 is 6.18 Å². The van der Waals surface area contributed by atoms with E-state index in [0.29, 0.717) is 5.56 Å². The molecule has 0 spiro atoms. The first kappa shape index (κ1) is 10.7. The molecule has 0 aromatic heterocycles. The molecule has 1 rings (SSSR count). The van der Waals surface area contributed by atoms with Crippen LogP contribution in [0, 0.1) is 0 Å². The third-order valence-corrected chi connectivity index (χ3v) is 1.64. The summed E-state index contributed by atoms with van der Waals surface area (Å²) in [5.41, 5.74) is -0.0987. The minimum atomic E-state index is -4.86. The molecule has 1 radical (unpaired) electrons. The van der Waals surface area contributed by atoms with Crippen LogP contribution in [-0.4, -0.2) is 12.0 Å². The number of carbonyl (C=O) groups excluding carboxylic acids is 1. The van der Waals surface area contributed by atoms with Crippen molar-refractivity contribution in [3.05, 3.63) is 35.4 Å². The van der Waals surface area contributed by atoms with E-state index in [1.165, 1.54) is 12.1 Å². The van der Waals surface area contributed by atoms with Crippen LogP contribution in [0.25, 0.3) is 0 Å². The maximum absolute atomic E-state index is 11.9. The highest BCUT2D eigenvalue weighted by Gasteiger charge is 2.38. The van der Waals surface area contributed by atoms with Gasteiger partial charge in [0.25, 0.3) is 5.78 Å². The summed E-state index contributed by atoms with van der Waals surface area (Å²) in [6, 6.07) is 4.43. The lowest BCUT2D eigenvalue weighted by molar-refractivity contribution is -0.0885. The van der Waals surface area contributed by atoms with E-state index in [1.54, 1.807) is 0 Å². The number of benzene rings is 1. The predicted octanol–water partition coefficient (Wildman–Crippen LogP) is 2.36. The Balaban J connectivity index is 2.93. The van der Waals surface area contributed by atoms with E-state index >= 15 is 0 Å². The molecule has 2 nitrogen and oxygen atoms in total. The van der Waals surface area contributed by atoms with Gasteiger partial charge in [-0.2, -0.15) is 13.2 Å². The third-order valence-electron chi connectivity index (χ3n) is 1.64. The second-order valence-electron chi connectivity index (χ2n) is 2.67. The summed E-state index contributed by atoms with van der Waals surface area (Å²) in [7, 11) is 0. The van der Waals surface area contributed by atoms with Gasteiger partial charge in [-0.25, -0.2) is 5.11 Å². The zero-order valence-electron chi connectivity index (χ0n) is 6.97. The number of carbonyl (C=O) groups is 1. The molecule has 0 aliphatic carbocycles. The van der Waals surface area contributed by atoms with Gasteiger partial charge in [-0.3, -0.25) is 4.79 Å². The second kappa shape index (κ2) is 3.79. The monoisotopic (exact) mass is 203 g/mol. The van der Waals surface area contributed by atoms with Gasteiger partial charge in [0.15, 0.2) is 0 Å². The van der Waals surface area contributed by atoms with Crippen molar-refractivity contribution in [2.45, 2.75) is 12.8 Å². The van der Waals surface area contributed by atoms with Gasteiger partial charge in [0.2, 0.25) is 0 Å². The van der Waals surface area contributed by atoms with Gasteiger partial charge in [0, 0.05) is 5.56 Å². The molecule has 0 saturated heterocycles. The molecule has 75 valence electrons. The van der Waals surface area contributed by atoms with E-state index in [2.05, 4.69) is 0 Å². The van der Waals surface area contributed by atoms with Crippen LogP contribution >= 0.6 is 0 Å². The Morgan fingerprint density at radius 3 is 2.00 bits per heavy atom.